The summed E-state index contributed by atoms with van der Waals surface area (Å²) in [5.41, 5.74) is 0.0173. The van der Waals surface area contributed by atoms with Crippen molar-refractivity contribution in [3.05, 3.63) is 74.5 Å². The van der Waals surface area contributed by atoms with Crippen LogP contribution in [0.1, 0.15) is 15.9 Å². The molecule has 0 spiro atoms. The van der Waals surface area contributed by atoms with Gasteiger partial charge in [-0.3, -0.25) is 14.9 Å². The Hall–Kier alpha value is -2.47. The highest BCUT2D eigenvalue weighted by Gasteiger charge is 2.15. The second-order valence-electron chi connectivity index (χ2n) is 4.19. The second-order valence-corrected chi connectivity index (χ2v) is 4.63. The van der Waals surface area contributed by atoms with Crippen LogP contribution in [0.2, 0.25) is 5.02 Å². The molecule has 0 unspecified atom stereocenters. The van der Waals surface area contributed by atoms with Crippen molar-refractivity contribution >= 4 is 23.2 Å². The molecule has 1 amide bonds. The topological polar surface area (TPSA) is 72.2 Å². The molecule has 7 heteroatoms. The maximum atomic E-state index is 13.5. The average Bonchev–Trinajstić information content (AvgIpc) is 2.47. The molecule has 2 aromatic rings. The van der Waals surface area contributed by atoms with E-state index in [0.717, 1.165) is 6.07 Å². The van der Waals surface area contributed by atoms with Gasteiger partial charge in [-0.25, -0.2) is 4.39 Å². The van der Waals surface area contributed by atoms with Crippen molar-refractivity contribution in [2.24, 2.45) is 0 Å². The van der Waals surface area contributed by atoms with Crippen LogP contribution in [0.4, 0.5) is 10.1 Å². The van der Waals surface area contributed by atoms with Gasteiger partial charge in [0.2, 0.25) is 0 Å². The number of nitro benzene ring substituents is 1. The van der Waals surface area contributed by atoms with E-state index in [1.165, 1.54) is 30.3 Å². The van der Waals surface area contributed by atoms with Gasteiger partial charge in [-0.2, -0.15) is 0 Å². The van der Waals surface area contributed by atoms with Crippen molar-refractivity contribution in [2.45, 2.75) is 6.54 Å². The fourth-order valence-electron chi connectivity index (χ4n) is 1.78. The van der Waals surface area contributed by atoms with Crippen LogP contribution in [0.25, 0.3) is 0 Å². The molecule has 0 heterocycles. The fraction of sp³-hybridized carbons (Fsp3) is 0.0714. The first-order chi connectivity index (χ1) is 9.99. The highest BCUT2D eigenvalue weighted by Crippen LogP contribution is 2.18. The number of halogens is 2. The standard InChI is InChI=1S/C14H10ClFN2O3/c15-10-5-6-12(16)11(7-10)14(19)17-8-9-3-1-2-4-13(9)18(20)21/h1-7H,8H2,(H,17,19). The molecule has 5 nitrogen and oxygen atoms in total. The van der Waals surface area contributed by atoms with E-state index in [4.69, 9.17) is 11.6 Å². The Morgan fingerprint density at radius 2 is 2.00 bits per heavy atom. The summed E-state index contributed by atoms with van der Waals surface area (Å²) in [7, 11) is 0. The summed E-state index contributed by atoms with van der Waals surface area (Å²) >= 11 is 5.71. The number of carbonyl (C=O) groups excluding carboxylic acids is 1. The molecule has 0 bridgehead atoms. The molecule has 0 saturated carbocycles. The number of para-hydroxylation sites is 1. The van der Waals surface area contributed by atoms with E-state index in [1.807, 2.05) is 0 Å². The van der Waals surface area contributed by atoms with Gasteiger partial charge < -0.3 is 5.32 Å². The lowest BCUT2D eigenvalue weighted by molar-refractivity contribution is -0.385. The summed E-state index contributed by atoms with van der Waals surface area (Å²) < 4.78 is 13.5. The smallest absolute Gasteiger partial charge is 0.274 e. The Labute approximate surface area is 124 Å². The molecule has 0 aromatic heterocycles. The molecular weight excluding hydrogens is 299 g/mol. The van der Waals surface area contributed by atoms with Gasteiger partial charge in [0.1, 0.15) is 5.82 Å². The number of hydrogen-bond donors (Lipinski definition) is 1. The summed E-state index contributed by atoms with van der Waals surface area (Å²) in [5, 5.41) is 13.5. The molecule has 21 heavy (non-hydrogen) atoms. The van der Waals surface area contributed by atoms with Crippen LogP contribution in [0.3, 0.4) is 0 Å². The van der Waals surface area contributed by atoms with E-state index < -0.39 is 16.6 Å². The minimum Gasteiger partial charge on any atom is -0.348 e. The van der Waals surface area contributed by atoms with Gasteiger partial charge in [0.25, 0.3) is 11.6 Å². The summed E-state index contributed by atoms with van der Waals surface area (Å²) in [5.74, 6) is -1.40. The molecule has 2 aromatic carbocycles. The van der Waals surface area contributed by atoms with Gasteiger partial charge in [-0.05, 0) is 18.2 Å². The highest BCUT2D eigenvalue weighted by atomic mass is 35.5. The largest absolute Gasteiger partial charge is 0.348 e. The van der Waals surface area contributed by atoms with Gasteiger partial charge >= 0.3 is 0 Å². The first-order valence-electron chi connectivity index (χ1n) is 5.94. The van der Waals surface area contributed by atoms with Gasteiger partial charge in [0.05, 0.1) is 10.5 Å². The Bertz CT molecular complexity index is 706. The number of nitrogens with zero attached hydrogens (tertiary/aromatic N) is 1. The molecule has 0 fully saturated rings. The van der Waals surface area contributed by atoms with Crippen molar-refractivity contribution in [1.82, 2.24) is 5.32 Å². The zero-order valence-electron chi connectivity index (χ0n) is 10.7. The number of nitro groups is 1. The van der Waals surface area contributed by atoms with Gasteiger partial charge in [-0.1, -0.05) is 29.8 Å². The van der Waals surface area contributed by atoms with Crippen LogP contribution in [0.5, 0.6) is 0 Å². The molecule has 0 aliphatic heterocycles. The maximum absolute atomic E-state index is 13.5. The Morgan fingerprint density at radius 3 is 2.71 bits per heavy atom. The zero-order chi connectivity index (χ0) is 15.4. The predicted molar refractivity (Wildman–Crippen MR) is 75.7 cm³/mol. The number of rotatable bonds is 4. The lowest BCUT2D eigenvalue weighted by atomic mass is 10.1. The van der Waals surface area contributed by atoms with Gasteiger partial charge in [-0.15, -0.1) is 0 Å². The number of hydrogen-bond acceptors (Lipinski definition) is 3. The van der Waals surface area contributed by atoms with E-state index in [1.54, 1.807) is 6.07 Å². The molecule has 108 valence electrons. The van der Waals surface area contributed by atoms with Crippen molar-refractivity contribution in [1.29, 1.82) is 0 Å². The molecule has 0 radical (unpaired) electrons. The van der Waals surface area contributed by atoms with Crippen molar-refractivity contribution in [3.63, 3.8) is 0 Å². The Morgan fingerprint density at radius 1 is 1.29 bits per heavy atom. The van der Waals surface area contributed by atoms with E-state index in [-0.39, 0.29) is 22.8 Å². The predicted octanol–water partition coefficient (Wildman–Crippen LogP) is 3.32. The third-order valence-corrected chi connectivity index (χ3v) is 3.04. The zero-order valence-corrected chi connectivity index (χ0v) is 11.4. The quantitative estimate of drug-likeness (QED) is 0.695. The van der Waals surface area contributed by atoms with Crippen LogP contribution in [0.15, 0.2) is 42.5 Å². The van der Waals surface area contributed by atoms with Gasteiger partial charge in [0, 0.05) is 23.2 Å². The van der Waals surface area contributed by atoms with E-state index in [2.05, 4.69) is 5.32 Å². The number of carbonyl (C=O) groups is 1. The normalized spacial score (nSPS) is 10.2. The number of amides is 1. The lowest BCUT2D eigenvalue weighted by Gasteiger charge is -2.07. The van der Waals surface area contributed by atoms with E-state index >= 15 is 0 Å². The summed E-state index contributed by atoms with van der Waals surface area (Å²) in [4.78, 5) is 22.2. The van der Waals surface area contributed by atoms with Crippen molar-refractivity contribution in [2.75, 3.05) is 0 Å². The third kappa shape index (κ3) is 3.55. The van der Waals surface area contributed by atoms with Crippen LogP contribution in [-0.4, -0.2) is 10.8 Å². The van der Waals surface area contributed by atoms with E-state index in [9.17, 15) is 19.3 Å². The fourth-order valence-corrected chi connectivity index (χ4v) is 1.95. The summed E-state index contributed by atoms with van der Waals surface area (Å²) in [6.07, 6.45) is 0. The molecule has 0 aliphatic rings. The van der Waals surface area contributed by atoms with Crippen molar-refractivity contribution < 1.29 is 14.1 Å². The van der Waals surface area contributed by atoms with E-state index in [0.29, 0.717) is 5.56 Å². The van der Waals surface area contributed by atoms with Crippen LogP contribution in [0, 0.1) is 15.9 Å². The SMILES string of the molecule is O=C(NCc1ccccc1[N+](=O)[O-])c1cc(Cl)ccc1F. The molecule has 0 saturated heterocycles. The average molecular weight is 309 g/mol. The third-order valence-electron chi connectivity index (χ3n) is 2.80. The molecule has 0 atom stereocenters. The molecule has 0 aliphatic carbocycles. The van der Waals surface area contributed by atoms with Gasteiger partial charge in [0.15, 0.2) is 0 Å². The maximum Gasteiger partial charge on any atom is 0.274 e. The Balaban J connectivity index is 2.15. The minimum absolute atomic E-state index is 0.0814. The molecule has 2 rings (SSSR count). The monoisotopic (exact) mass is 308 g/mol. The molecular formula is C14H10ClFN2O3. The number of nitrogens with one attached hydrogen (secondary N) is 1. The number of benzene rings is 2. The first-order valence-corrected chi connectivity index (χ1v) is 6.32. The van der Waals surface area contributed by atoms with Crippen LogP contribution in [-0.2, 0) is 6.54 Å². The second kappa shape index (κ2) is 6.32. The summed E-state index contributed by atoms with van der Waals surface area (Å²) in [6.45, 7) is -0.0814. The van der Waals surface area contributed by atoms with Crippen LogP contribution < -0.4 is 5.32 Å². The first kappa shape index (κ1) is 14.9. The minimum atomic E-state index is -0.709. The molecule has 1 N–H and O–H groups in total. The lowest BCUT2D eigenvalue weighted by Crippen LogP contribution is -2.24. The summed E-state index contributed by atoms with van der Waals surface area (Å²) in [6, 6.07) is 9.62. The highest BCUT2D eigenvalue weighted by molar-refractivity contribution is 6.31. The Kier molecular flexibility index (Phi) is 4.49. The van der Waals surface area contributed by atoms with Crippen LogP contribution >= 0.6 is 11.6 Å². The van der Waals surface area contributed by atoms with Crippen molar-refractivity contribution in [3.8, 4) is 0 Å².